The summed E-state index contributed by atoms with van der Waals surface area (Å²) in [5.74, 6) is -1.48. The van der Waals surface area contributed by atoms with Gasteiger partial charge in [-0.1, -0.05) is 6.07 Å². The summed E-state index contributed by atoms with van der Waals surface area (Å²) in [6.45, 7) is 1.79. The monoisotopic (exact) mass is 291 g/mol. The van der Waals surface area contributed by atoms with Crippen molar-refractivity contribution in [2.45, 2.75) is 31.7 Å². The summed E-state index contributed by atoms with van der Waals surface area (Å²) >= 11 is 0. The molecule has 1 heterocycles. The van der Waals surface area contributed by atoms with Gasteiger partial charge in [0.15, 0.2) is 0 Å². The van der Waals surface area contributed by atoms with Gasteiger partial charge in [0.25, 0.3) is 5.91 Å². The van der Waals surface area contributed by atoms with E-state index in [1.165, 1.54) is 24.7 Å². The van der Waals surface area contributed by atoms with Crippen molar-refractivity contribution in [2.24, 2.45) is 0 Å². The predicted octanol–water partition coefficient (Wildman–Crippen LogP) is 3.54. The van der Waals surface area contributed by atoms with Crippen LogP contribution in [0.1, 0.15) is 40.2 Å². The van der Waals surface area contributed by atoms with Crippen molar-refractivity contribution in [3.05, 3.63) is 59.1 Å². The summed E-state index contributed by atoms with van der Waals surface area (Å²) in [4.78, 5) is 12.1. The Morgan fingerprint density at radius 3 is 2.67 bits per heavy atom. The van der Waals surface area contributed by atoms with E-state index in [1.54, 1.807) is 6.92 Å². The number of carbonyl (C=O) groups is 1. The molecular formula is C16H15F2NO2. The molecule has 3 nitrogen and oxygen atoms in total. The average molecular weight is 291 g/mol. The minimum absolute atomic E-state index is 0.109. The van der Waals surface area contributed by atoms with Crippen molar-refractivity contribution < 1.29 is 18.0 Å². The topological polar surface area (TPSA) is 42.2 Å². The summed E-state index contributed by atoms with van der Waals surface area (Å²) in [5.41, 5.74) is 1.70. The van der Waals surface area contributed by atoms with Gasteiger partial charge in [0.1, 0.15) is 17.9 Å². The highest BCUT2D eigenvalue weighted by atomic mass is 19.1. The van der Waals surface area contributed by atoms with Crippen molar-refractivity contribution in [1.29, 1.82) is 0 Å². The highest BCUT2D eigenvalue weighted by Crippen LogP contribution is 2.38. The van der Waals surface area contributed by atoms with Crippen LogP contribution in [0.15, 0.2) is 35.1 Å². The molecular weight excluding hydrogens is 276 g/mol. The van der Waals surface area contributed by atoms with E-state index in [1.807, 2.05) is 0 Å². The van der Waals surface area contributed by atoms with E-state index in [2.05, 4.69) is 5.32 Å². The third-order valence-corrected chi connectivity index (χ3v) is 4.05. The third-order valence-electron chi connectivity index (χ3n) is 4.05. The van der Waals surface area contributed by atoms with E-state index in [-0.39, 0.29) is 17.9 Å². The van der Waals surface area contributed by atoms with Crippen LogP contribution in [-0.2, 0) is 0 Å². The smallest absolute Gasteiger partial charge is 0.255 e. The van der Waals surface area contributed by atoms with Gasteiger partial charge >= 0.3 is 0 Å². The van der Waals surface area contributed by atoms with Gasteiger partial charge in [-0.2, -0.15) is 0 Å². The molecule has 2 atom stereocenters. The molecule has 110 valence electrons. The fraction of sp³-hybridized carbons (Fsp3) is 0.312. The Balaban J connectivity index is 1.73. The molecule has 1 aromatic heterocycles. The number of benzene rings is 1. The molecule has 1 aliphatic rings. The van der Waals surface area contributed by atoms with Crippen LogP contribution in [0.25, 0.3) is 0 Å². The van der Waals surface area contributed by atoms with E-state index in [9.17, 15) is 13.6 Å². The lowest BCUT2D eigenvalue weighted by Crippen LogP contribution is -2.45. The van der Waals surface area contributed by atoms with Crippen molar-refractivity contribution in [1.82, 2.24) is 5.32 Å². The molecule has 1 aromatic carbocycles. The van der Waals surface area contributed by atoms with Gasteiger partial charge in [0.05, 0.1) is 11.8 Å². The fourth-order valence-corrected chi connectivity index (χ4v) is 2.69. The maximum Gasteiger partial charge on any atom is 0.255 e. The zero-order valence-corrected chi connectivity index (χ0v) is 11.5. The second-order valence-corrected chi connectivity index (χ2v) is 5.40. The zero-order valence-electron chi connectivity index (χ0n) is 11.5. The second kappa shape index (κ2) is 5.31. The van der Waals surface area contributed by atoms with Gasteiger partial charge in [0.2, 0.25) is 0 Å². The van der Waals surface area contributed by atoms with E-state index in [0.29, 0.717) is 11.1 Å². The van der Waals surface area contributed by atoms with Gasteiger partial charge in [-0.15, -0.1) is 0 Å². The Bertz CT molecular complexity index is 681. The maximum absolute atomic E-state index is 13.8. The summed E-state index contributed by atoms with van der Waals surface area (Å²) in [7, 11) is 0. The molecule has 0 spiro atoms. The molecule has 1 N–H and O–H groups in total. The van der Waals surface area contributed by atoms with E-state index >= 15 is 0 Å². The van der Waals surface area contributed by atoms with Crippen LogP contribution in [0.5, 0.6) is 0 Å². The van der Waals surface area contributed by atoms with Gasteiger partial charge in [-0.3, -0.25) is 4.79 Å². The van der Waals surface area contributed by atoms with E-state index < -0.39 is 11.6 Å². The Morgan fingerprint density at radius 2 is 2.10 bits per heavy atom. The third kappa shape index (κ3) is 2.55. The van der Waals surface area contributed by atoms with Gasteiger partial charge in [0, 0.05) is 18.0 Å². The molecule has 1 aliphatic carbocycles. The van der Waals surface area contributed by atoms with Crippen LogP contribution in [0.4, 0.5) is 8.78 Å². The van der Waals surface area contributed by atoms with Crippen LogP contribution < -0.4 is 5.32 Å². The zero-order chi connectivity index (χ0) is 15.0. The first-order valence-corrected chi connectivity index (χ1v) is 6.85. The van der Waals surface area contributed by atoms with Crippen LogP contribution >= 0.6 is 0 Å². The SMILES string of the molecule is Cc1cocc1C(=O)N[C@H]1CC[C@H]1c1ccc(F)cc1F. The summed E-state index contributed by atoms with van der Waals surface area (Å²) in [6.07, 6.45) is 4.46. The number of rotatable bonds is 3. The van der Waals surface area contributed by atoms with Gasteiger partial charge in [-0.05, 0) is 37.0 Å². The van der Waals surface area contributed by atoms with Crippen LogP contribution in [0.3, 0.4) is 0 Å². The number of aryl methyl sites for hydroxylation is 1. The van der Waals surface area contributed by atoms with Gasteiger partial charge in [-0.25, -0.2) is 8.78 Å². The van der Waals surface area contributed by atoms with E-state index in [0.717, 1.165) is 24.5 Å². The molecule has 3 rings (SSSR count). The molecule has 2 aromatic rings. The molecule has 1 amide bonds. The average Bonchev–Trinajstić information content (AvgIpc) is 2.84. The minimum Gasteiger partial charge on any atom is -0.471 e. The molecule has 0 saturated heterocycles. The number of amides is 1. The van der Waals surface area contributed by atoms with Crippen LogP contribution in [0, 0.1) is 18.6 Å². The maximum atomic E-state index is 13.8. The van der Waals surface area contributed by atoms with Crippen molar-refractivity contribution in [3.8, 4) is 0 Å². The molecule has 0 unspecified atom stereocenters. The first kappa shape index (κ1) is 13.8. The highest BCUT2D eigenvalue weighted by Gasteiger charge is 2.35. The highest BCUT2D eigenvalue weighted by molar-refractivity contribution is 5.95. The van der Waals surface area contributed by atoms with Gasteiger partial charge < -0.3 is 9.73 Å². The standard InChI is InChI=1S/C16H15F2NO2/c1-9-7-21-8-13(9)16(20)19-15-5-4-12(15)11-3-2-10(17)6-14(11)18/h2-3,6-8,12,15H,4-5H2,1H3,(H,19,20)/t12-,15-/m0/s1. The molecule has 5 heteroatoms. The Morgan fingerprint density at radius 1 is 1.29 bits per heavy atom. The molecule has 0 bridgehead atoms. The summed E-state index contributed by atoms with van der Waals surface area (Å²) in [6, 6.07) is 3.45. The van der Waals surface area contributed by atoms with Crippen LogP contribution in [0.2, 0.25) is 0 Å². The lowest BCUT2D eigenvalue weighted by atomic mass is 9.74. The lowest BCUT2D eigenvalue weighted by molar-refractivity contribution is 0.0902. The Hall–Kier alpha value is -2.17. The van der Waals surface area contributed by atoms with Crippen molar-refractivity contribution in [3.63, 3.8) is 0 Å². The fourth-order valence-electron chi connectivity index (χ4n) is 2.69. The predicted molar refractivity (Wildman–Crippen MR) is 73.0 cm³/mol. The lowest BCUT2D eigenvalue weighted by Gasteiger charge is -2.37. The first-order valence-electron chi connectivity index (χ1n) is 6.85. The normalized spacial score (nSPS) is 20.9. The summed E-state index contributed by atoms with van der Waals surface area (Å²) < 4.78 is 31.7. The Labute approximate surface area is 121 Å². The second-order valence-electron chi connectivity index (χ2n) is 5.40. The number of carbonyl (C=O) groups excluding carboxylic acids is 1. The Kier molecular flexibility index (Phi) is 3.49. The van der Waals surface area contributed by atoms with Crippen molar-refractivity contribution in [2.75, 3.05) is 0 Å². The molecule has 1 fully saturated rings. The number of nitrogens with one attached hydrogen (secondary N) is 1. The number of hydrogen-bond acceptors (Lipinski definition) is 2. The number of furan rings is 1. The number of hydrogen-bond donors (Lipinski definition) is 1. The quantitative estimate of drug-likeness (QED) is 0.939. The minimum atomic E-state index is -0.592. The van der Waals surface area contributed by atoms with E-state index in [4.69, 9.17) is 4.42 Å². The largest absolute Gasteiger partial charge is 0.471 e. The molecule has 1 saturated carbocycles. The van der Waals surface area contributed by atoms with Crippen LogP contribution in [-0.4, -0.2) is 11.9 Å². The van der Waals surface area contributed by atoms with Crippen molar-refractivity contribution >= 4 is 5.91 Å². The molecule has 0 radical (unpaired) electrons. The number of halogens is 2. The summed E-state index contributed by atoms with van der Waals surface area (Å²) in [5, 5.41) is 2.89. The first-order chi connectivity index (χ1) is 10.1. The molecule has 21 heavy (non-hydrogen) atoms. The molecule has 0 aliphatic heterocycles.